The van der Waals surface area contributed by atoms with E-state index in [0.717, 1.165) is 0 Å². The largest absolute Gasteiger partial charge is 0.493 e. The second-order valence-corrected chi connectivity index (χ2v) is 5.84. The van der Waals surface area contributed by atoms with Gasteiger partial charge in [-0.3, -0.25) is 9.59 Å². The van der Waals surface area contributed by atoms with Crippen molar-refractivity contribution in [2.24, 2.45) is 0 Å². The number of nitrogens with one attached hydrogen (secondary N) is 2. The molecule has 0 aliphatic heterocycles. The molecule has 1 atom stereocenters. The van der Waals surface area contributed by atoms with Crippen molar-refractivity contribution in [2.75, 3.05) is 33.3 Å². The predicted octanol–water partition coefficient (Wildman–Crippen LogP) is 0.898. The minimum Gasteiger partial charge on any atom is -0.493 e. The average molecular weight is 381 g/mol. The van der Waals surface area contributed by atoms with Crippen molar-refractivity contribution in [3.05, 3.63) is 29.3 Å². The number of benzene rings is 1. The first-order valence-corrected chi connectivity index (χ1v) is 8.34. The molecular formula is C16H19N3O6S. The lowest BCUT2D eigenvalue weighted by molar-refractivity contribution is -0.118. The lowest BCUT2D eigenvalue weighted by Gasteiger charge is -2.17. The van der Waals surface area contributed by atoms with E-state index in [1.807, 2.05) is 0 Å². The quantitative estimate of drug-likeness (QED) is 0.621. The Morgan fingerprint density at radius 1 is 1.19 bits per heavy atom. The molecule has 0 saturated heterocycles. The number of anilines is 1. The molecule has 1 aromatic carbocycles. The molecule has 0 bridgehead atoms. The molecule has 0 spiro atoms. The van der Waals surface area contributed by atoms with Crippen molar-refractivity contribution in [1.82, 2.24) is 10.3 Å². The predicted molar refractivity (Wildman–Crippen MR) is 95.2 cm³/mol. The maximum atomic E-state index is 12.5. The number of hydrogen-bond donors (Lipinski definition) is 3. The van der Waals surface area contributed by atoms with Crippen molar-refractivity contribution in [3.8, 4) is 17.2 Å². The van der Waals surface area contributed by atoms with Gasteiger partial charge in [0.05, 0.1) is 27.9 Å². The maximum Gasteiger partial charge on any atom is 0.252 e. The summed E-state index contributed by atoms with van der Waals surface area (Å²) in [4.78, 5) is 28.6. The van der Waals surface area contributed by atoms with Gasteiger partial charge in [0.1, 0.15) is 6.04 Å². The SMILES string of the molecule is COc1cc(C(=O)N[C@@H](CO)C(=O)Nc2nccs2)cc(OC)c1OC. The van der Waals surface area contributed by atoms with Gasteiger partial charge in [-0.05, 0) is 12.1 Å². The molecule has 2 rings (SSSR count). The molecule has 2 aromatic rings. The van der Waals surface area contributed by atoms with E-state index in [-0.39, 0.29) is 5.56 Å². The van der Waals surface area contributed by atoms with Crippen LogP contribution in [0.15, 0.2) is 23.7 Å². The van der Waals surface area contributed by atoms with Gasteiger partial charge in [0.15, 0.2) is 16.6 Å². The summed E-state index contributed by atoms with van der Waals surface area (Å²) in [6.07, 6.45) is 1.53. The molecule has 3 N–H and O–H groups in total. The van der Waals surface area contributed by atoms with Gasteiger partial charge < -0.3 is 30.0 Å². The molecule has 0 saturated carbocycles. The summed E-state index contributed by atoms with van der Waals surface area (Å²) in [7, 11) is 4.30. The highest BCUT2D eigenvalue weighted by Crippen LogP contribution is 2.38. The molecule has 0 aliphatic carbocycles. The van der Waals surface area contributed by atoms with Crippen molar-refractivity contribution in [3.63, 3.8) is 0 Å². The van der Waals surface area contributed by atoms with E-state index in [2.05, 4.69) is 15.6 Å². The number of aliphatic hydroxyl groups is 1. The summed E-state index contributed by atoms with van der Waals surface area (Å²) in [6, 6.07) is 1.75. The Balaban J connectivity index is 2.18. The number of aromatic nitrogens is 1. The molecular weight excluding hydrogens is 362 g/mol. The number of thiazole rings is 1. The smallest absolute Gasteiger partial charge is 0.252 e. The second kappa shape index (κ2) is 9.02. The first-order chi connectivity index (χ1) is 12.5. The summed E-state index contributed by atoms with van der Waals surface area (Å²) in [6.45, 7) is -0.576. The molecule has 1 heterocycles. The third-order valence-electron chi connectivity index (χ3n) is 3.39. The molecule has 140 valence electrons. The van der Waals surface area contributed by atoms with Crippen LogP contribution in [0.4, 0.5) is 5.13 Å². The highest BCUT2D eigenvalue weighted by atomic mass is 32.1. The van der Waals surface area contributed by atoms with Crippen LogP contribution in [0.1, 0.15) is 10.4 Å². The van der Waals surface area contributed by atoms with Crippen molar-refractivity contribution < 1.29 is 28.9 Å². The summed E-state index contributed by atoms with van der Waals surface area (Å²) in [5, 5.41) is 16.5. The van der Waals surface area contributed by atoms with Crippen LogP contribution in [0.3, 0.4) is 0 Å². The van der Waals surface area contributed by atoms with Crippen LogP contribution in [0, 0.1) is 0 Å². The van der Waals surface area contributed by atoms with E-state index < -0.39 is 24.5 Å². The Morgan fingerprint density at radius 2 is 1.85 bits per heavy atom. The summed E-state index contributed by atoms with van der Waals surface area (Å²) in [5.74, 6) is -0.234. The van der Waals surface area contributed by atoms with Gasteiger partial charge in [-0.15, -0.1) is 11.3 Å². The Kier molecular flexibility index (Phi) is 6.75. The Morgan fingerprint density at radius 3 is 2.31 bits per heavy atom. The Bertz CT molecular complexity index is 740. The zero-order valence-electron chi connectivity index (χ0n) is 14.4. The van der Waals surface area contributed by atoms with Crippen LogP contribution in [0.25, 0.3) is 0 Å². The van der Waals surface area contributed by atoms with Crippen LogP contribution >= 0.6 is 11.3 Å². The van der Waals surface area contributed by atoms with E-state index in [0.29, 0.717) is 22.4 Å². The normalized spacial score (nSPS) is 11.4. The topological polar surface area (TPSA) is 119 Å². The minimum absolute atomic E-state index is 0.181. The fourth-order valence-corrected chi connectivity index (χ4v) is 2.66. The molecule has 2 amide bonds. The fraction of sp³-hybridized carbons (Fsp3) is 0.312. The van der Waals surface area contributed by atoms with Gasteiger partial charge in [0.25, 0.3) is 11.8 Å². The number of carbonyl (C=O) groups excluding carboxylic acids is 2. The minimum atomic E-state index is -1.15. The third kappa shape index (κ3) is 4.41. The van der Waals surface area contributed by atoms with E-state index >= 15 is 0 Å². The first-order valence-electron chi connectivity index (χ1n) is 7.46. The highest BCUT2D eigenvalue weighted by Gasteiger charge is 2.23. The van der Waals surface area contributed by atoms with Gasteiger partial charge in [-0.1, -0.05) is 0 Å². The molecule has 0 unspecified atom stereocenters. The van der Waals surface area contributed by atoms with Gasteiger partial charge in [0, 0.05) is 17.1 Å². The van der Waals surface area contributed by atoms with Crippen molar-refractivity contribution in [2.45, 2.75) is 6.04 Å². The Hall–Kier alpha value is -2.85. The Labute approximate surface area is 153 Å². The van der Waals surface area contributed by atoms with Gasteiger partial charge in [-0.2, -0.15) is 0 Å². The number of nitrogens with zero attached hydrogens (tertiary/aromatic N) is 1. The number of ether oxygens (including phenoxy) is 3. The molecule has 0 radical (unpaired) electrons. The molecule has 1 aromatic heterocycles. The number of aliphatic hydroxyl groups excluding tert-OH is 1. The standard InChI is InChI=1S/C16H19N3O6S/c1-23-11-6-9(7-12(24-2)13(11)25-3)14(21)18-10(8-20)15(22)19-16-17-4-5-26-16/h4-7,10,20H,8H2,1-3H3,(H,18,21)(H,17,19,22)/t10-/m0/s1. The average Bonchev–Trinajstić information content (AvgIpc) is 3.17. The molecule has 26 heavy (non-hydrogen) atoms. The fourth-order valence-electron chi connectivity index (χ4n) is 2.13. The van der Waals surface area contributed by atoms with Crippen LogP contribution < -0.4 is 24.8 Å². The second-order valence-electron chi connectivity index (χ2n) is 4.95. The molecule has 10 heteroatoms. The summed E-state index contributed by atoms with van der Waals surface area (Å²) in [5.41, 5.74) is 0.181. The van der Waals surface area contributed by atoms with Crippen molar-refractivity contribution in [1.29, 1.82) is 0 Å². The molecule has 9 nitrogen and oxygen atoms in total. The summed E-state index contributed by atoms with van der Waals surface area (Å²) < 4.78 is 15.6. The first kappa shape index (κ1) is 19.5. The van der Waals surface area contributed by atoms with E-state index in [4.69, 9.17) is 14.2 Å². The van der Waals surface area contributed by atoms with E-state index in [1.54, 1.807) is 5.38 Å². The monoisotopic (exact) mass is 381 g/mol. The zero-order chi connectivity index (χ0) is 19.1. The number of methoxy groups -OCH3 is 3. The lowest BCUT2D eigenvalue weighted by atomic mass is 10.1. The molecule has 0 aliphatic rings. The zero-order valence-corrected chi connectivity index (χ0v) is 15.3. The number of amides is 2. The maximum absolute atomic E-state index is 12.5. The highest BCUT2D eigenvalue weighted by molar-refractivity contribution is 7.13. The summed E-state index contributed by atoms with van der Waals surface area (Å²) >= 11 is 1.22. The third-order valence-corrected chi connectivity index (χ3v) is 4.08. The van der Waals surface area contributed by atoms with E-state index in [1.165, 1.54) is 51.0 Å². The van der Waals surface area contributed by atoms with Crippen LogP contribution in [-0.2, 0) is 4.79 Å². The number of rotatable bonds is 8. The van der Waals surface area contributed by atoms with Gasteiger partial charge >= 0.3 is 0 Å². The number of hydrogen-bond acceptors (Lipinski definition) is 8. The van der Waals surface area contributed by atoms with Crippen LogP contribution in [-0.4, -0.2) is 55.9 Å². The van der Waals surface area contributed by atoms with Crippen molar-refractivity contribution >= 4 is 28.3 Å². The lowest BCUT2D eigenvalue weighted by Crippen LogP contribution is -2.46. The molecule has 0 fully saturated rings. The van der Waals surface area contributed by atoms with Crippen LogP contribution in [0.2, 0.25) is 0 Å². The van der Waals surface area contributed by atoms with Crippen LogP contribution in [0.5, 0.6) is 17.2 Å². The van der Waals surface area contributed by atoms with Gasteiger partial charge in [0.2, 0.25) is 5.75 Å². The van der Waals surface area contributed by atoms with Gasteiger partial charge in [-0.25, -0.2) is 4.98 Å². The number of carbonyl (C=O) groups is 2. The van der Waals surface area contributed by atoms with E-state index in [9.17, 15) is 14.7 Å².